The van der Waals surface area contributed by atoms with Gasteiger partial charge in [-0.2, -0.15) is 0 Å². The van der Waals surface area contributed by atoms with Crippen LogP contribution in [0.1, 0.15) is 36.1 Å². The third-order valence-electron chi connectivity index (χ3n) is 5.22. The van der Waals surface area contributed by atoms with Crippen LogP contribution in [0, 0.1) is 19.8 Å². The topological polar surface area (TPSA) is 106 Å². The van der Waals surface area contributed by atoms with E-state index >= 15 is 0 Å². The zero-order valence-corrected chi connectivity index (χ0v) is 14.5. The number of nitrogens with one attached hydrogen (secondary N) is 2. The molecule has 130 valence electrons. The minimum absolute atomic E-state index is 0.0277. The Morgan fingerprint density at radius 3 is 2.88 bits per heavy atom. The molecule has 2 heterocycles. The number of aryl methyl sites for hydroxylation is 3. The molecule has 24 heavy (non-hydrogen) atoms. The number of hydrogen-bond acceptors (Lipinski definition) is 4. The van der Waals surface area contributed by atoms with E-state index in [1.165, 1.54) is 0 Å². The number of carbonyl (C=O) groups is 1. The highest BCUT2D eigenvalue weighted by atomic mass is 16.1. The van der Waals surface area contributed by atoms with E-state index in [2.05, 4.69) is 15.4 Å². The SMILES string of the molecule is Cc1nc2c(c(C)c1CC(=O)NC1CCCC1CN)c(=O)[nH]n2C. The summed E-state index contributed by atoms with van der Waals surface area (Å²) in [6, 6.07) is 0.167. The first kappa shape index (κ1) is 16.7. The van der Waals surface area contributed by atoms with E-state index in [0.29, 0.717) is 23.5 Å². The Morgan fingerprint density at radius 2 is 2.17 bits per heavy atom. The van der Waals surface area contributed by atoms with E-state index in [-0.39, 0.29) is 23.9 Å². The Labute approximate surface area is 140 Å². The fourth-order valence-corrected chi connectivity index (χ4v) is 3.84. The van der Waals surface area contributed by atoms with Gasteiger partial charge in [0.25, 0.3) is 5.56 Å². The van der Waals surface area contributed by atoms with Gasteiger partial charge < -0.3 is 11.1 Å². The number of nitrogens with two attached hydrogens (primary N) is 1. The maximum absolute atomic E-state index is 12.5. The van der Waals surface area contributed by atoms with Crippen molar-refractivity contribution in [3.63, 3.8) is 0 Å². The first-order chi connectivity index (χ1) is 11.4. The molecular formula is C17H25N5O2. The number of amides is 1. The van der Waals surface area contributed by atoms with Gasteiger partial charge in [-0.25, -0.2) is 4.98 Å². The minimum atomic E-state index is -0.168. The summed E-state index contributed by atoms with van der Waals surface area (Å²) in [5.41, 5.74) is 8.68. The molecule has 0 aromatic carbocycles. The Bertz CT molecular complexity index is 836. The van der Waals surface area contributed by atoms with Gasteiger partial charge in [-0.3, -0.25) is 19.4 Å². The highest BCUT2D eigenvalue weighted by molar-refractivity contribution is 5.84. The summed E-state index contributed by atoms with van der Waals surface area (Å²) in [7, 11) is 1.76. The van der Waals surface area contributed by atoms with Gasteiger partial charge in [0.1, 0.15) is 0 Å². The van der Waals surface area contributed by atoms with Crippen molar-refractivity contribution in [1.29, 1.82) is 0 Å². The summed E-state index contributed by atoms with van der Waals surface area (Å²) < 4.78 is 1.62. The molecule has 1 aliphatic rings. The van der Waals surface area contributed by atoms with Crippen LogP contribution in [0.4, 0.5) is 0 Å². The zero-order chi connectivity index (χ0) is 17.4. The van der Waals surface area contributed by atoms with Gasteiger partial charge in [-0.15, -0.1) is 0 Å². The molecule has 2 aromatic heterocycles. The normalized spacial score (nSPS) is 20.7. The lowest BCUT2D eigenvalue weighted by atomic mass is 10.00. The predicted molar refractivity (Wildman–Crippen MR) is 92.8 cm³/mol. The number of aromatic amines is 1. The van der Waals surface area contributed by atoms with Crippen molar-refractivity contribution in [2.24, 2.45) is 18.7 Å². The second kappa shape index (κ2) is 6.39. The molecule has 0 spiro atoms. The quantitative estimate of drug-likeness (QED) is 0.765. The van der Waals surface area contributed by atoms with E-state index in [0.717, 1.165) is 36.1 Å². The third kappa shape index (κ3) is 2.84. The molecule has 4 N–H and O–H groups in total. The molecule has 3 rings (SSSR count). The second-order valence-corrected chi connectivity index (χ2v) is 6.78. The van der Waals surface area contributed by atoms with Crippen molar-refractivity contribution < 1.29 is 4.79 Å². The molecule has 7 nitrogen and oxygen atoms in total. The molecule has 0 saturated heterocycles. The van der Waals surface area contributed by atoms with Gasteiger partial charge in [0.15, 0.2) is 5.65 Å². The van der Waals surface area contributed by atoms with Crippen molar-refractivity contribution in [3.8, 4) is 0 Å². The van der Waals surface area contributed by atoms with Gasteiger partial charge in [-0.05, 0) is 50.3 Å². The van der Waals surface area contributed by atoms with E-state index < -0.39 is 0 Å². The van der Waals surface area contributed by atoms with E-state index in [4.69, 9.17) is 5.73 Å². The maximum atomic E-state index is 12.5. The smallest absolute Gasteiger partial charge is 0.273 e. The predicted octanol–water partition coefficient (Wildman–Crippen LogP) is 0.665. The lowest BCUT2D eigenvalue weighted by Crippen LogP contribution is -2.40. The molecule has 0 aliphatic heterocycles. The summed E-state index contributed by atoms with van der Waals surface area (Å²) in [5, 5.41) is 6.39. The number of rotatable bonds is 4. The monoisotopic (exact) mass is 331 g/mol. The molecule has 7 heteroatoms. The fraction of sp³-hybridized carbons (Fsp3) is 0.588. The van der Waals surface area contributed by atoms with Gasteiger partial charge in [0.05, 0.1) is 11.8 Å². The van der Waals surface area contributed by atoms with Crippen LogP contribution in [0.25, 0.3) is 11.0 Å². The summed E-state index contributed by atoms with van der Waals surface area (Å²) >= 11 is 0. The largest absolute Gasteiger partial charge is 0.353 e. The molecule has 2 atom stereocenters. The molecule has 1 fully saturated rings. The number of fused-ring (bicyclic) bond motifs is 1. The number of pyridine rings is 1. The van der Waals surface area contributed by atoms with Crippen molar-refractivity contribution in [1.82, 2.24) is 20.1 Å². The van der Waals surface area contributed by atoms with Gasteiger partial charge in [-0.1, -0.05) is 6.42 Å². The number of H-pyrrole nitrogens is 1. The second-order valence-electron chi connectivity index (χ2n) is 6.78. The maximum Gasteiger partial charge on any atom is 0.273 e. The van der Waals surface area contributed by atoms with Gasteiger partial charge in [0, 0.05) is 18.8 Å². The van der Waals surface area contributed by atoms with Crippen molar-refractivity contribution in [2.45, 2.75) is 45.6 Å². The number of carbonyl (C=O) groups excluding carboxylic acids is 1. The Balaban J connectivity index is 1.86. The number of nitrogens with zero attached hydrogens (tertiary/aromatic N) is 2. The van der Waals surface area contributed by atoms with Crippen LogP contribution in [-0.4, -0.2) is 33.3 Å². The van der Waals surface area contributed by atoms with Crippen LogP contribution in [-0.2, 0) is 18.3 Å². The van der Waals surface area contributed by atoms with Crippen molar-refractivity contribution in [3.05, 3.63) is 27.2 Å². The highest BCUT2D eigenvalue weighted by Crippen LogP contribution is 2.25. The van der Waals surface area contributed by atoms with E-state index in [9.17, 15) is 9.59 Å². The number of hydrogen-bond donors (Lipinski definition) is 3. The van der Waals surface area contributed by atoms with Crippen LogP contribution in [0.3, 0.4) is 0 Å². The molecule has 2 aromatic rings. The Kier molecular flexibility index (Phi) is 4.45. The van der Waals surface area contributed by atoms with Crippen molar-refractivity contribution in [2.75, 3.05) is 6.54 Å². The molecular weight excluding hydrogens is 306 g/mol. The van der Waals surface area contributed by atoms with Crippen LogP contribution >= 0.6 is 0 Å². The zero-order valence-electron chi connectivity index (χ0n) is 14.5. The summed E-state index contributed by atoms with van der Waals surface area (Å²) in [6.45, 7) is 4.37. The fourth-order valence-electron chi connectivity index (χ4n) is 3.84. The molecule has 2 unspecified atom stereocenters. The standard InChI is InChI=1S/C17H25N5O2/c1-9-12(7-14(23)20-13-6-4-5-11(13)8-18)10(2)19-16-15(9)17(24)21-22(16)3/h11,13H,4-8,18H2,1-3H3,(H,20,23)(H,21,24). The lowest BCUT2D eigenvalue weighted by molar-refractivity contribution is -0.121. The minimum Gasteiger partial charge on any atom is -0.353 e. The molecule has 1 amide bonds. The lowest BCUT2D eigenvalue weighted by Gasteiger charge is -2.20. The Morgan fingerprint density at radius 1 is 1.42 bits per heavy atom. The number of aromatic nitrogens is 3. The van der Waals surface area contributed by atoms with Gasteiger partial charge in [0.2, 0.25) is 5.91 Å². The molecule has 1 aliphatic carbocycles. The first-order valence-corrected chi connectivity index (χ1v) is 8.46. The molecule has 0 radical (unpaired) electrons. The molecule has 0 bridgehead atoms. The van der Waals surface area contributed by atoms with Crippen LogP contribution in [0.5, 0.6) is 0 Å². The van der Waals surface area contributed by atoms with Crippen molar-refractivity contribution >= 4 is 16.9 Å². The van der Waals surface area contributed by atoms with Crippen LogP contribution < -0.4 is 16.6 Å². The Hall–Kier alpha value is -2.15. The summed E-state index contributed by atoms with van der Waals surface area (Å²) in [6.07, 6.45) is 3.41. The summed E-state index contributed by atoms with van der Waals surface area (Å²) in [5.74, 6) is 0.341. The average Bonchev–Trinajstić information content (AvgIpc) is 3.08. The van der Waals surface area contributed by atoms with E-state index in [1.54, 1.807) is 11.7 Å². The van der Waals surface area contributed by atoms with Crippen LogP contribution in [0.15, 0.2) is 4.79 Å². The average molecular weight is 331 g/mol. The van der Waals surface area contributed by atoms with Gasteiger partial charge >= 0.3 is 0 Å². The highest BCUT2D eigenvalue weighted by Gasteiger charge is 2.27. The third-order valence-corrected chi connectivity index (χ3v) is 5.22. The molecule has 1 saturated carbocycles. The first-order valence-electron chi connectivity index (χ1n) is 8.46. The summed E-state index contributed by atoms with van der Waals surface area (Å²) in [4.78, 5) is 29.1. The van der Waals surface area contributed by atoms with E-state index in [1.807, 2.05) is 13.8 Å². The van der Waals surface area contributed by atoms with Crippen LogP contribution in [0.2, 0.25) is 0 Å².